The maximum atomic E-state index is 10.8. The van der Waals surface area contributed by atoms with E-state index in [-0.39, 0.29) is 19.2 Å². The Labute approximate surface area is 91.1 Å². The van der Waals surface area contributed by atoms with Crippen molar-refractivity contribution in [3.05, 3.63) is 0 Å². The predicted molar refractivity (Wildman–Crippen MR) is 56.8 cm³/mol. The topological polar surface area (TPSA) is 56.8 Å². The maximum Gasteiger partial charge on any atom is 0.332 e. The third kappa shape index (κ3) is 11.3. The molecule has 0 heterocycles. The fourth-order valence-electron chi connectivity index (χ4n) is 0.922. The van der Waals surface area contributed by atoms with Gasteiger partial charge in [-0.25, -0.2) is 4.79 Å². The summed E-state index contributed by atoms with van der Waals surface area (Å²) in [6.07, 6.45) is 1.12. The summed E-state index contributed by atoms with van der Waals surface area (Å²) in [5, 5.41) is 3.20. The van der Waals surface area contributed by atoms with E-state index in [0.29, 0.717) is 13.2 Å². The van der Waals surface area contributed by atoms with Crippen LogP contribution in [0.4, 0.5) is 0 Å². The first-order chi connectivity index (χ1) is 7.31. The van der Waals surface area contributed by atoms with Crippen molar-refractivity contribution in [1.82, 2.24) is 5.32 Å². The second-order valence-corrected chi connectivity index (χ2v) is 3.02. The Morgan fingerprint density at radius 3 is 2.67 bits per heavy atom. The summed E-state index contributed by atoms with van der Waals surface area (Å²) in [6.45, 7) is 5.31. The first-order valence-electron chi connectivity index (χ1n) is 5.24. The van der Waals surface area contributed by atoms with Gasteiger partial charge in [-0.2, -0.15) is 0 Å². The highest BCUT2D eigenvalue weighted by atomic mass is 16.6. The van der Waals surface area contributed by atoms with Crippen molar-refractivity contribution in [1.29, 1.82) is 0 Å². The predicted octanol–water partition coefficient (Wildman–Crippen LogP) is 0.192. The molecule has 5 heteroatoms. The second kappa shape index (κ2) is 11.4. The lowest BCUT2D eigenvalue weighted by Crippen LogP contribution is -2.22. The second-order valence-electron chi connectivity index (χ2n) is 3.02. The molecular formula is C10H21NO4. The zero-order chi connectivity index (χ0) is 11.4. The van der Waals surface area contributed by atoms with E-state index in [2.05, 4.69) is 17.0 Å². The molecule has 0 atom stereocenters. The minimum absolute atomic E-state index is 0.00193. The van der Waals surface area contributed by atoms with Crippen molar-refractivity contribution in [3.8, 4) is 0 Å². The lowest BCUT2D eigenvalue weighted by atomic mass is 10.5. The summed E-state index contributed by atoms with van der Waals surface area (Å²) >= 11 is 0. The van der Waals surface area contributed by atoms with Crippen LogP contribution in [0.1, 0.15) is 13.3 Å². The molecule has 0 aromatic heterocycles. The Hall–Kier alpha value is -0.650. The van der Waals surface area contributed by atoms with Crippen LogP contribution < -0.4 is 5.32 Å². The molecule has 0 unspecified atom stereocenters. The van der Waals surface area contributed by atoms with Crippen LogP contribution in [0, 0.1) is 0 Å². The standard InChI is InChI=1S/C10H21NO4/c1-3-4-11-5-6-14-7-8-15-10(12)9-13-2/h11H,3-9H2,1-2H3. The molecule has 0 bridgehead atoms. The van der Waals surface area contributed by atoms with Gasteiger partial charge in [0.15, 0.2) is 0 Å². The molecular weight excluding hydrogens is 198 g/mol. The average molecular weight is 219 g/mol. The minimum Gasteiger partial charge on any atom is -0.462 e. The highest BCUT2D eigenvalue weighted by Gasteiger charge is 1.99. The van der Waals surface area contributed by atoms with Crippen LogP contribution in [0.2, 0.25) is 0 Å². The third-order valence-electron chi connectivity index (χ3n) is 1.60. The number of carbonyl (C=O) groups excluding carboxylic acids is 1. The number of esters is 1. The smallest absolute Gasteiger partial charge is 0.332 e. The quantitative estimate of drug-likeness (QED) is 0.420. The van der Waals surface area contributed by atoms with E-state index in [4.69, 9.17) is 9.47 Å². The van der Waals surface area contributed by atoms with Crippen LogP contribution in [-0.2, 0) is 19.0 Å². The Balaban J connectivity index is 3.01. The zero-order valence-corrected chi connectivity index (χ0v) is 9.58. The van der Waals surface area contributed by atoms with Crippen LogP contribution in [0.3, 0.4) is 0 Å². The Bertz CT molecular complexity index is 152. The summed E-state index contributed by atoms with van der Waals surface area (Å²) in [6, 6.07) is 0. The molecule has 0 saturated heterocycles. The van der Waals surface area contributed by atoms with E-state index in [1.807, 2.05) is 0 Å². The van der Waals surface area contributed by atoms with Gasteiger partial charge >= 0.3 is 5.97 Å². The first kappa shape index (κ1) is 14.3. The van der Waals surface area contributed by atoms with Crippen LogP contribution in [0.5, 0.6) is 0 Å². The number of rotatable bonds is 10. The molecule has 90 valence electrons. The van der Waals surface area contributed by atoms with Crippen molar-refractivity contribution >= 4 is 5.97 Å². The van der Waals surface area contributed by atoms with Crippen LogP contribution in [0.25, 0.3) is 0 Å². The summed E-state index contributed by atoms with van der Waals surface area (Å²) < 4.78 is 14.6. The molecule has 0 saturated carbocycles. The fraction of sp³-hybridized carbons (Fsp3) is 0.900. The molecule has 0 rings (SSSR count). The summed E-state index contributed by atoms with van der Waals surface area (Å²) in [5.74, 6) is -0.356. The van der Waals surface area contributed by atoms with E-state index in [0.717, 1.165) is 19.5 Å². The molecule has 0 amide bonds. The zero-order valence-electron chi connectivity index (χ0n) is 9.58. The lowest BCUT2D eigenvalue weighted by Gasteiger charge is -2.06. The highest BCUT2D eigenvalue weighted by Crippen LogP contribution is 1.81. The number of carbonyl (C=O) groups is 1. The normalized spacial score (nSPS) is 10.3. The van der Waals surface area contributed by atoms with E-state index >= 15 is 0 Å². The van der Waals surface area contributed by atoms with Gasteiger partial charge in [-0.1, -0.05) is 6.92 Å². The molecule has 0 aliphatic heterocycles. The van der Waals surface area contributed by atoms with Gasteiger partial charge in [0, 0.05) is 13.7 Å². The minimum atomic E-state index is -0.356. The van der Waals surface area contributed by atoms with Crippen molar-refractivity contribution in [2.24, 2.45) is 0 Å². The van der Waals surface area contributed by atoms with Crippen molar-refractivity contribution in [3.63, 3.8) is 0 Å². The van der Waals surface area contributed by atoms with Crippen molar-refractivity contribution < 1.29 is 19.0 Å². The maximum absolute atomic E-state index is 10.8. The molecule has 0 spiro atoms. The summed E-state index contributed by atoms with van der Waals surface area (Å²) in [5.41, 5.74) is 0. The van der Waals surface area contributed by atoms with Gasteiger partial charge in [0.05, 0.1) is 13.2 Å². The fourth-order valence-corrected chi connectivity index (χ4v) is 0.922. The van der Waals surface area contributed by atoms with E-state index < -0.39 is 0 Å². The van der Waals surface area contributed by atoms with Gasteiger partial charge in [0.25, 0.3) is 0 Å². The number of hydrogen-bond donors (Lipinski definition) is 1. The van der Waals surface area contributed by atoms with Gasteiger partial charge in [-0.3, -0.25) is 0 Å². The first-order valence-corrected chi connectivity index (χ1v) is 5.24. The van der Waals surface area contributed by atoms with Crippen LogP contribution in [-0.4, -0.2) is 52.6 Å². The van der Waals surface area contributed by atoms with Gasteiger partial charge < -0.3 is 19.5 Å². The van der Waals surface area contributed by atoms with E-state index in [1.54, 1.807) is 0 Å². The van der Waals surface area contributed by atoms with Gasteiger partial charge in [0.2, 0.25) is 0 Å². The molecule has 0 aliphatic rings. The Kier molecular flexibility index (Phi) is 10.9. The van der Waals surface area contributed by atoms with Crippen LogP contribution in [0.15, 0.2) is 0 Å². The number of ether oxygens (including phenoxy) is 3. The molecule has 1 N–H and O–H groups in total. The largest absolute Gasteiger partial charge is 0.462 e. The lowest BCUT2D eigenvalue weighted by molar-refractivity contribution is -0.149. The Morgan fingerprint density at radius 1 is 1.20 bits per heavy atom. The van der Waals surface area contributed by atoms with Crippen molar-refractivity contribution in [2.75, 3.05) is 46.6 Å². The monoisotopic (exact) mass is 219 g/mol. The number of nitrogens with one attached hydrogen (secondary N) is 1. The molecule has 0 aliphatic carbocycles. The van der Waals surface area contributed by atoms with E-state index in [9.17, 15) is 4.79 Å². The van der Waals surface area contributed by atoms with Gasteiger partial charge in [-0.15, -0.1) is 0 Å². The summed E-state index contributed by atoms with van der Waals surface area (Å²) in [7, 11) is 1.46. The Morgan fingerprint density at radius 2 is 2.00 bits per heavy atom. The third-order valence-corrected chi connectivity index (χ3v) is 1.60. The molecule has 5 nitrogen and oxygen atoms in total. The average Bonchev–Trinajstić information content (AvgIpc) is 2.22. The molecule has 0 aromatic carbocycles. The summed E-state index contributed by atoms with van der Waals surface area (Å²) in [4.78, 5) is 10.8. The number of hydrogen-bond acceptors (Lipinski definition) is 5. The van der Waals surface area contributed by atoms with E-state index in [1.165, 1.54) is 7.11 Å². The molecule has 0 radical (unpaired) electrons. The SMILES string of the molecule is CCCNCCOCCOC(=O)COC. The molecule has 0 fully saturated rings. The highest BCUT2D eigenvalue weighted by molar-refractivity contribution is 5.70. The van der Waals surface area contributed by atoms with Gasteiger partial charge in [-0.05, 0) is 13.0 Å². The molecule has 15 heavy (non-hydrogen) atoms. The van der Waals surface area contributed by atoms with Gasteiger partial charge in [0.1, 0.15) is 13.2 Å². The molecule has 0 aromatic rings. The number of methoxy groups -OCH3 is 1. The van der Waals surface area contributed by atoms with Crippen molar-refractivity contribution in [2.45, 2.75) is 13.3 Å². The van der Waals surface area contributed by atoms with Crippen LogP contribution >= 0.6 is 0 Å².